The molecule has 0 unspecified atom stereocenters. The van der Waals surface area contributed by atoms with Crippen molar-refractivity contribution in [2.45, 2.75) is 0 Å². The van der Waals surface area contributed by atoms with Crippen LogP contribution in [0.5, 0.6) is 0 Å². The smallest absolute Gasteiger partial charge is 0.311 e. The third kappa shape index (κ3) is 4.38. The number of benzene rings is 1. The molecule has 5 N–H and O–H groups in total. The van der Waals surface area contributed by atoms with Gasteiger partial charge < -0.3 is 25.9 Å². The molecular formula is C15H17N4O4. The van der Waals surface area contributed by atoms with Crippen LogP contribution in [0.3, 0.4) is 0 Å². The molecule has 0 spiro atoms. The first-order valence-corrected chi connectivity index (χ1v) is 6.92. The van der Waals surface area contributed by atoms with E-state index in [1.165, 1.54) is 12.5 Å². The first kappa shape index (κ1) is 16.7. The summed E-state index contributed by atoms with van der Waals surface area (Å²) < 4.78 is 4.91. The normalized spacial score (nSPS) is 10.5. The van der Waals surface area contributed by atoms with Gasteiger partial charge in [0.15, 0.2) is 0 Å². The van der Waals surface area contributed by atoms with E-state index in [9.17, 15) is 9.59 Å². The van der Waals surface area contributed by atoms with Crippen LogP contribution in [0.2, 0.25) is 0 Å². The molecule has 1 aromatic heterocycles. The van der Waals surface area contributed by atoms with Gasteiger partial charge in [0.2, 0.25) is 0 Å². The van der Waals surface area contributed by atoms with Crippen molar-refractivity contribution < 1.29 is 19.1 Å². The molecule has 121 valence electrons. The standard InChI is InChI=1S/C15H17N4O4/c16-13(21)12-10(4-5-17-6-8-20)2-1-3-11(12)19-14(22)15-18-7-9-23-15/h1-4,7,9,17,20H,5-6,8H2,(H2,16,21)(H,19,22). The number of amides is 2. The molecule has 0 bridgehead atoms. The van der Waals surface area contributed by atoms with Crippen LogP contribution in [0.25, 0.3) is 0 Å². The summed E-state index contributed by atoms with van der Waals surface area (Å²) in [5.74, 6) is -1.35. The van der Waals surface area contributed by atoms with Crippen molar-refractivity contribution in [1.29, 1.82) is 0 Å². The van der Waals surface area contributed by atoms with E-state index in [4.69, 9.17) is 15.3 Å². The van der Waals surface area contributed by atoms with Crippen LogP contribution in [-0.4, -0.2) is 41.6 Å². The Morgan fingerprint density at radius 3 is 2.87 bits per heavy atom. The van der Waals surface area contributed by atoms with Gasteiger partial charge in [0.25, 0.3) is 11.8 Å². The molecule has 0 saturated carbocycles. The van der Waals surface area contributed by atoms with E-state index in [0.29, 0.717) is 18.7 Å². The molecule has 2 rings (SSSR count). The Balaban J connectivity index is 2.18. The lowest BCUT2D eigenvalue weighted by molar-refractivity contribution is 0.0990. The van der Waals surface area contributed by atoms with Crippen molar-refractivity contribution in [3.8, 4) is 0 Å². The van der Waals surface area contributed by atoms with E-state index >= 15 is 0 Å². The maximum absolute atomic E-state index is 12.0. The molecule has 1 heterocycles. The number of nitrogens with two attached hydrogens (primary N) is 1. The Kier molecular flexibility index (Phi) is 5.84. The van der Waals surface area contributed by atoms with Crippen molar-refractivity contribution in [3.63, 3.8) is 0 Å². The third-order valence-electron chi connectivity index (χ3n) is 2.97. The number of hydrogen-bond donors (Lipinski definition) is 4. The number of hydrogen-bond acceptors (Lipinski definition) is 6. The van der Waals surface area contributed by atoms with E-state index in [1.54, 1.807) is 24.6 Å². The molecule has 0 fully saturated rings. The highest BCUT2D eigenvalue weighted by Gasteiger charge is 2.18. The van der Waals surface area contributed by atoms with Gasteiger partial charge in [-0.1, -0.05) is 12.1 Å². The number of aromatic nitrogens is 1. The maximum Gasteiger partial charge on any atom is 0.311 e. The molecule has 1 radical (unpaired) electrons. The quantitative estimate of drug-likeness (QED) is 0.513. The molecule has 0 aliphatic rings. The second-order valence-electron chi connectivity index (χ2n) is 4.56. The molecular weight excluding hydrogens is 300 g/mol. The number of rotatable bonds is 8. The van der Waals surface area contributed by atoms with Crippen LogP contribution in [-0.2, 0) is 0 Å². The summed E-state index contributed by atoms with van der Waals surface area (Å²) in [5.41, 5.74) is 6.47. The third-order valence-corrected chi connectivity index (χ3v) is 2.97. The van der Waals surface area contributed by atoms with E-state index in [0.717, 1.165) is 0 Å². The Bertz CT molecular complexity index is 670. The first-order valence-electron chi connectivity index (χ1n) is 6.92. The fourth-order valence-corrected chi connectivity index (χ4v) is 1.99. The summed E-state index contributed by atoms with van der Waals surface area (Å²) in [6, 6.07) is 4.97. The zero-order valence-electron chi connectivity index (χ0n) is 12.3. The molecule has 0 saturated heterocycles. The Morgan fingerprint density at radius 1 is 1.39 bits per heavy atom. The highest BCUT2D eigenvalue weighted by Crippen LogP contribution is 2.21. The van der Waals surface area contributed by atoms with Gasteiger partial charge >= 0.3 is 5.91 Å². The number of carbonyl (C=O) groups is 2. The van der Waals surface area contributed by atoms with Gasteiger partial charge in [-0.15, -0.1) is 0 Å². The molecule has 2 amide bonds. The summed E-state index contributed by atoms with van der Waals surface area (Å²) in [6.45, 7) is 0.893. The van der Waals surface area contributed by atoms with Crippen LogP contribution in [0, 0.1) is 6.42 Å². The lowest BCUT2D eigenvalue weighted by atomic mass is 10.0. The lowest BCUT2D eigenvalue weighted by Crippen LogP contribution is -2.23. The Hall–Kier alpha value is -2.71. The van der Waals surface area contributed by atoms with Crippen molar-refractivity contribution in [2.75, 3.05) is 25.0 Å². The predicted molar refractivity (Wildman–Crippen MR) is 82.8 cm³/mol. The molecule has 2 aromatic rings. The number of aliphatic hydroxyl groups is 1. The summed E-state index contributed by atoms with van der Waals surface area (Å²) in [5, 5.41) is 14.2. The van der Waals surface area contributed by atoms with Crippen molar-refractivity contribution in [3.05, 3.63) is 54.1 Å². The van der Waals surface area contributed by atoms with Gasteiger partial charge in [-0.25, -0.2) is 4.98 Å². The van der Waals surface area contributed by atoms with Gasteiger partial charge in [-0.05, 0) is 11.6 Å². The van der Waals surface area contributed by atoms with E-state index in [1.807, 2.05) is 0 Å². The SMILES string of the molecule is NC(=O)c1c([CH]CNCCO)cccc1NC(=O)c1ncco1. The second kappa shape index (κ2) is 8.06. The number of oxazole rings is 1. The fourth-order valence-electron chi connectivity index (χ4n) is 1.99. The molecule has 8 heteroatoms. The van der Waals surface area contributed by atoms with Crippen LogP contribution in [0.4, 0.5) is 5.69 Å². The van der Waals surface area contributed by atoms with E-state index in [2.05, 4.69) is 15.6 Å². The lowest BCUT2D eigenvalue weighted by Gasteiger charge is -2.12. The van der Waals surface area contributed by atoms with Gasteiger partial charge in [0.05, 0.1) is 24.1 Å². The van der Waals surface area contributed by atoms with Crippen molar-refractivity contribution >= 4 is 17.5 Å². The molecule has 23 heavy (non-hydrogen) atoms. The summed E-state index contributed by atoms with van der Waals surface area (Å²) >= 11 is 0. The highest BCUT2D eigenvalue weighted by atomic mass is 16.3. The zero-order chi connectivity index (χ0) is 16.7. The zero-order valence-corrected chi connectivity index (χ0v) is 12.3. The van der Waals surface area contributed by atoms with Gasteiger partial charge in [-0.3, -0.25) is 9.59 Å². The minimum Gasteiger partial charge on any atom is -0.441 e. The number of primary amides is 1. The largest absolute Gasteiger partial charge is 0.441 e. The number of nitrogens with zero attached hydrogens (tertiary/aromatic N) is 1. The predicted octanol–water partition coefficient (Wildman–Crippen LogP) is 0.160. The van der Waals surface area contributed by atoms with Crippen LogP contribution < -0.4 is 16.4 Å². The summed E-state index contributed by atoms with van der Waals surface area (Å²) in [4.78, 5) is 27.5. The van der Waals surface area contributed by atoms with Crippen LogP contribution in [0.1, 0.15) is 26.6 Å². The summed E-state index contributed by atoms with van der Waals surface area (Å²) in [7, 11) is 0. The van der Waals surface area contributed by atoms with Crippen LogP contribution >= 0.6 is 0 Å². The summed E-state index contributed by atoms with van der Waals surface area (Å²) in [6.07, 6.45) is 4.37. The van der Waals surface area contributed by atoms with E-state index in [-0.39, 0.29) is 23.7 Å². The average Bonchev–Trinajstić information content (AvgIpc) is 3.06. The number of nitrogens with one attached hydrogen (secondary N) is 2. The van der Waals surface area contributed by atoms with Gasteiger partial charge in [-0.2, -0.15) is 0 Å². The van der Waals surface area contributed by atoms with Crippen molar-refractivity contribution in [1.82, 2.24) is 10.3 Å². The first-order chi connectivity index (χ1) is 11.1. The number of anilines is 1. The molecule has 8 nitrogen and oxygen atoms in total. The number of aliphatic hydroxyl groups excluding tert-OH is 1. The molecule has 0 atom stereocenters. The molecule has 0 aliphatic carbocycles. The highest BCUT2D eigenvalue weighted by molar-refractivity contribution is 6.07. The molecule has 1 aromatic carbocycles. The van der Waals surface area contributed by atoms with Gasteiger partial charge in [0, 0.05) is 19.5 Å². The topological polar surface area (TPSA) is 130 Å². The second-order valence-corrected chi connectivity index (χ2v) is 4.56. The van der Waals surface area contributed by atoms with Crippen molar-refractivity contribution in [2.24, 2.45) is 5.73 Å². The Morgan fingerprint density at radius 2 is 2.22 bits per heavy atom. The fraction of sp³-hybridized carbons (Fsp3) is 0.200. The Labute approximate surface area is 132 Å². The minimum atomic E-state index is -0.665. The minimum absolute atomic E-state index is 0.0166. The number of carbonyl (C=O) groups excluding carboxylic acids is 2. The van der Waals surface area contributed by atoms with Gasteiger partial charge in [0.1, 0.15) is 6.26 Å². The maximum atomic E-state index is 12.0. The average molecular weight is 317 g/mol. The van der Waals surface area contributed by atoms with E-state index < -0.39 is 11.8 Å². The van der Waals surface area contributed by atoms with Crippen LogP contribution in [0.15, 0.2) is 35.1 Å². The molecule has 0 aliphatic heterocycles. The monoisotopic (exact) mass is 317 g/mol.